The molecule has 0 radical (unpaired) electrons. The van der Waals surface area contributed by atoms with E-state index in [2.05, 4.69) is 15.6 Å². The van der Waals surface area contributed by atoms with Crippen molar-refractivity contribution in [3.63, 3.8) is 0 Å². The maximum absolute atomic E-state index is 12.5. The van der Waals surface area contributed by atoms with Gasteiger partial charge in [-0.1, -0.05) is 18.1 Å². The lowest BCUT2D eigenvalue weighted by Gasteiger charge is -2.10. The third kappa shape index (κ3) is 3.07. The number of hydrogen-bond donors (Lipinski definition) is 1. The molecule has 6 nitrogen and oxygen atoms in total. The zero-order chi connectivity index (χ0) is 17.2. The van der Waals surface area contributed by atoms with E-state index in [1.807, 2.05) is 41.1 Å². The normalized spacial score (nSPS) is 14.8. The molecule has 1 aliphatic rings. The molecule has 1 N–H and O–H groups in total. The van der Waals surface area contributed by atoms with E-state index in [0.717, 1.165) is 35.3 Å². The standard InChI is InChI=1S/C19H20N4O2/c1-25-16-9-7-14(8-10-16)20-19(24)13-6-11-18-17(12-13)21-22-23(18)15-4-2-3-5-15/h6-12,15H,2-5H2,1H3,(H,20,24). The largest absolute Gasteiger partial charge is 0.497 e. The Morgan fingerprint density at radius 3 is 2.64 bits per heavy atom. The Kier molecular flexibility index (Phi) is 4.09. The highest BCUT2D eigenvalue weighted by Crippen LogP contribution is 2.31. The van der Waals surface area contributed by atoms with Gasteiger partial charge in [-0.3, -0.25) is 4.79 Å². The van der Waals surface area contributed by atoms with Gasteiger partial charge < -0.3 is 10.1 Å². The van der Waals surface area contributed by atoms with Crippen LogP contribution in [0.5, 0.6) is 5.75 Å². The van der Waals surface area contributed by atoms with Gasteiger partial charge in [0.15, 0.2) is 0 Å². The van der Waals surface area contributed by atoms with Gasteiger partial charge in [-0.05, 0) is 55.3 Å². The van der Waals surface area contributed by atoms with Crippen molar-refractivity contribution < 1.29 is 9.53 Å². The Hall–Kier alpha value is -2.89. The Morgan fingerprint density at radius 2 is 1.92 bits per heavy atom. The van der Waals surface area contributed by atoms with Crippen molar-refractivity contribution in [1.82, 2.24) is 15.0 Å². The van der Waals surface area contributed by atoms with Crippen molar-refractivity contribution in [1.29, 1.82) is 0 Å². The number of methoxy groups -OCH3 is 1. The van der Waals surface area contributed by atoms with E-state index < -0.39 is 0 Å². The van der Waals surface area contributed by atoms with E-state index in [1.165, 1.54) is 12.8 Å². The molecule has 1 heterocycles. The molecule has 1 saturated carbocycles. The number of aromatic nitrogens is 3. The van der Waals surface area contributed by atoms with Crippen molar-refractivity contribution in [2.45, 2.75) is 31.7 Å². The Bertz CT molecular complexity index is 895. The van der Waals surface area contributed by atoms with Crippen LogP contribution in [-0.4, -0.2) is 28.0 Å². The average molecular weight is 336 g/mol. The molecule has 0 unspecified atom stereocenters. The minimum absolute atomic E-state index is 0.164. The quantitative estimate of drug-likeness (QED) is 0.786. The Balaban J connectivity index is 1.55. The van der Waals surface area contributed by atoms with Gasteiger partial charge in [-0.15, -0.1) is 5.10 Å². The monoisotopic (exact) mass is 336 g/mol. The fourth-order valence-corrected chi connectivity index (χ4v) is 3.38. The van der Waals surface area contributed by atoms with Crippen LogP contribution in [0.15, 0.2) is 42.5 Å². The molecule has 4 rings (SSSR count). The van der Waals surface area contributed by atoms with E-state index in [0.29, 0.717) is 11.6 Å². The zero-order valence-electron chi connectivity index (χ0n) is 14.1. The SMILES string of the molecule is COc1ccc(NC(=O)c2ccc3c(c2)nnn3C2CCCC2)cc1. The molecule has 6 heteroatoms. The molecule has 1 amide bonds. The number of ether oxygens (including phenoxy) is 1. The average Bonchev–Trinajstić information content (AvgIpc) is 3.31. The highest BCUT2D eigenvalue weighted by molar-refractivity contribution is 6.05. The summed E-state index contributed by atoms with van der Waals surface area (Å²) in [5.41, 5.74) is 3.05. The van der Waals surface area contributed by atoms with Gasteiger partial charge >= 0.3 is 0 Å². The third-order valence-corrected chi connectivity index (χ3v) is 4.75. The summed E-state index contributed by atoms with van der Waals surface area (Å²) in [7, 11) is 1.61. The lowest BCUT2D eigenvalue weighted by Crippen LogP contribution is -2.12. The minimum atomic E-state index is -0.164. The number of benzene rings is 2. The highest BCUT2D eigenvalue weighted by Gasteiger charge is 2.20. The summed E-state index contributed by atoms with van der Waals surface area (Å²) in [5, 5.41) is 11.4. The van der Waals surface area contributed by atoms with E-state index in [4.69, 9.17) is 4.74 Å². The first kappa shape index (κ1) is 15.6. The van der Waals surface area contributed by atoms with E-state index in [9.17, 15) is 4.79 Å². The van der Waals surface area contributed by atoms with Crippen LogP contribution in [0.25, 0.3) is 11.0 Å². The van der Waals surface area contributed by atoms with Crippen LogP contribution in [0.1, 0.15) is 42.1 Å². The van der Waals surface area contributed by atoms with Crippen LogP contribution in [0.3, 0.4) is 0 Å². The van der Waals surface area contributed by atoms with Gasteiger partial charge in [0, 0.05) is 11.3 Å². The molecule has 0 saturated heterocycles. The van der Waals surface area contributed by atoms with Crippen LogP contribution in [0.2, 0.25) is 0 Å². The first-order valence-corrected chi connectivity index (χ1v) is 8.55. The fourth-order valence-electron chi connectivity index (χ4n) is 3.38. The van der Waals surface area contributed by atoms with Crippen LogP contribution in [0, 0.1) is 0 Å². The second-order valence-electron chi connectivity index (χ2n) is 6.36. The molecule has 3 aromatic rings. The summed E-state index contributed by atoms with van der Waals surface area (Å²) >= 11 is 0. The second kappa shape index (κ2) is 6.55. The van der Waals surface area contributed by atoms with E-state index >= 15 is 0 Å². The van der Waals surface area contributed by atoms with Gasteiger partial charge in [0.05, 0.1) is 18.7 Å². The summed E-state index contributed by atoms with van der Waals surface area (Å²) in [4.78, 5) is 12.5. The van der Waals surface area contributed by atoms with Crippen LogP contribution < -0.4 is 10.1 Å². The molecule has 2 aromatic carbocycles. The topological polar surface area (TPSA) is 69.0 Å². The number of carbonyl (C=O) groups excluding carboxylic acids is 1. The maximum Gasteiger partial charge on any atom is 0.255 e. The van der Waals surface area contributed by atoms with Crippen molar-refractivity contribution in [2.75, 3.05) is 12.4 Å². The smallest absolute Gasteiger partial charge is 0.255 e. The lowest BCUT2D eigenvalue weighted by atomic mass is 10.1. The molecule has 0 atom stereocenters. The summed E-state index contributed by atoms with van der Waals surface area (Å²) in [6, 6.07) is 13.2. The van der Waals surface area contributed by atoms with Crippen molar-refractivity contribution in [3.8, 4) is 5.75 Å². The van der Waals surface area contributed by atoms with Crippen LogP contribution >= 0.6 is 0 Å². The summed E-state index contributed by atoms with van der Waals surface area (Å²) < 4.78 is 7.13. The Morgan fingerprint density at radius 1 is 1.16 bits per heavy atom. The number of amides is 1. The Labute approximate surface area is 145 Å². The van der Waals surface area contributed by atoms with Crippen LogP contribution in [-0.2, 0) is 0 Å². The van der Waals surface area contributed by atoms with Gasteiger partial charge in [-0.2, -0.15) is 0 Å². The number of nitrogens with one attached hydrogen (secondary N) is 1. The molecule has 1 aliphatic carbocycles. The number of anilines is 1. The van der Waals surface area contributed by atoms with E-state index in [-0.39, 0.29) is 5.91 Å². The molecule has 1 aromatic heterocycles. The van der Waals surface area contributed by atoms with Crippen LogP contribution in [0.4, 0.5) is 5.69 Å². The van der Waals surface area contributed by atoms with Gasteiger partial charge in [0.25, 0.3) is 5.91 Å². The molecule has 0 spiro atoms. The lowest BCUT2D eigenvalue weighted by molar-refractivity contribution is 0.102. The van der Waals surface area contributed by atoms with Crippen molar-refractivity contribution in [2.24, 2.45) is 0 Å². The predicted octanol–water partition coefficient (Wildman–Crippen LogP) is 3.81. The number of hydrogen-bond acceptors (Lipinski definition) is 4. The summed E-state index contributed by atoms with van der Waals surface area (Å²) in [5.74, 6) is 0.588. The second-order valence-corrected chi connectivity index (χ2v) is 6.36. The fraction of sp³-hybridized carbons (Fsp3) is 0.316. The maximum atomic E-state index is 12.5. The van der Waals surface area contributed by atoms with Gasteiger partial charge in [0.2, 0.25) is 0 Å². The first-order valence-electron chi connectivity index (χ1n) is 8.55. The number of rotatable bonds is 4. The number of fused-ring (bicyclic) bond motifs is 1. The molecule has 0 bridgehead atoms. The zero-order valence-corrected chi connectivity index (χ0v) is 14.1. The van der Waals surface area contributed by atoms with E-state index in [1.54, 1.807) is 13.2 Å². The predicted molar refractivity (Wildman–Crippen MR) is 96.0 cm³/mol. The highest BCUT2D eigenvalue weighted by atomic mass is 16.5. The molecule has 128 valence electrons. The summed E-state index contributed by atoms with van der Waals surface area (Å²) in [6.07, 6.45) is 4.79. The minimum Gasteiger partial charge on any atom is -0.497 e. The third-order valence-electron chi connectivity index (χ3n) is 4.75. The molecular weight excluding hydrogens is 316 g/mol. The number of carbonyl (C=O) groups is 1. The van der Waals surface area contributed by atoms with Gasteiger partial charge in [-0.25, -0.2) is 4.68 Å². The van der Waals surface area contributed by atoms with Crippen molar-refractivity contribution >= 4 is 22.6 Å². The van der Waals surface area contributed by atoms with Crippen molar-refractivity contribution in [3.05, 3.63) is 48.0 Å². The number of nitrogens with zero attached hydrogens (tertiary/aromatic N) is 3. The van der Waals surface area contributed by atoms with Gasteiger partial charge in [0.1, 0.15) is 11.3 Å². The summed E-state index contributed by atoms with van der Waals surface area (Å²) in [6.45, 7) is 0. The molecule has 1 fully saturated rings. The first-order chi connectivity index (χ1) is 12.2. The molecular formula is C19H20N4O2. The molecule has 25 heavy (non-hydrogen) atoms. The molecule has 0 aliphatic heterocycles.